The van der Waals surface area contributed by atoms with Crippen molar-refractivity contribution in [2.24, 2.45) is 0 Å². The van der Waals surface area contributed by atoms with E-state index in [1.807, 2.05) is 30.3 Å². The molecule has 1 aliphatic rings. The van der Waals surface area contributed by atoms with E-state index in [4.69, 9.17) is 4.52 Å². The van der Waals surface area contributed by atoms with Crippen LogP contribution in [0.3, 0.4) is 0 Å². The topological polar surface area (TPSA) is 88.2 Å². The summed E-state index contributed by atoms with van der Waals surface area (Å²) in [5, 5.41) is 13.8. The van der Waals surface area contributed by atoms with Crippen LogP contribution < -0.4 is 4.90 Å². The number of hydrogen-bond acceptors (Lipinski definition) is 7. The molecule has 0 bridgehead atoms. The first-order chi connectivity index (χ1) is 11.8. The van der Waals surface area contributed by atoms with Gasteiger partial charge in [0, 0.05) is 31.0 Å². The van der Waals surface area contributed by atoms with E-state index in [1.54, 1.807) is 12.4 Å². The summed E-state index contributed by atoms with van der Waals surface area (Å²) >= 11 is 0. The van der Waals surface area contributed by atoms with Gasteiger partial charge < -0.3 is 14.5 Å². The fourth-order valence-electron chi connectivity index (χ4n) is 2.83. The van der Waals surface area contributed by atoms with Crippen LogP contribution >= 0.6 is 0 Å². The lowest BCUT2D eigenvalue weighted by Crippen LogP contribution is -2.38. The first kappa shape index (κ1) is 14.8. The molecule has 0 amide bonds. The molecular weight excluding hydrogens is 306 g/mol. The van der Waals surface area contributed by atoms with Crippen LogP contribution in [-0.2, 0) is 0 Å². The third-order valence-corrected chi connectivity index (χ3v) is 4.03. The molecule has 0 spiro atoms. The number of piperidine rings is 1. The maximum atomic E-state index is 9.84. The number of pyridine rings is 2. The van der Waals surface area contributed by atoms with Crippen molar-refractivity contribution in [2.45, 2.75) is 18.9 Å². The molecule has 0 aromatic carbocycles. The van der Waals surface area contributed by atoms with Crippen LogP contribution in [0.25, 0.3) is 23.0 Å². The molecular formula is C17H17N5O2. The number of anilines is 1. The maximum absolute atomic E-state index is 9.84. The SMILES string of the molecule is OC1CCCN(c2cc(-c3nc(-c4ccccn4)no3)ccn2)C1. The summed E-state index contributed by atoms with van der Waals surface area (Å²) in [6, 6.07) is 9.30. The average molecular weight is 323 g/mol. The van der Waals surface area contributed by atoms with E-state index in [2.05, 4.69) is 25.0 Å². The second-order valence-electron chi connectivity index (χ2n) is 5.78. The summed E-state index contributed by atoms with van der Waals surface area (Å²) in [6.07, 6.45) is 4.90. The van der Waals surface area contributed by atoms with Gasteiger partial charge in [-0.3, -0.25) is 4.98 Å². The van der Waals surface area contributed by atoms with Gasteiger partial charge in [-0.15, -0.1) is 0 Å². The van der Waals surface area contributed by atoms with Crippen molar-refractivity contribution in [2.75, 3.05) is 18.0 Å². The smallest absolute Gasteiger partial charge is 0.258 e. The Hall–Kier alpha value is -2.80. The van der Waals surface area contributed by atoms with Gasteiger partial charge in [0.05, 0.1) is 6.10 Å². The number of β-amino-alcohol motifs (C(OH)–C–C–N with tert-alkyl or cyclic N) is 1. The number of rotatable bonds is 3. The Bertz CT molecular complexity index is 821. The van der Waals surface area contributed by atoms with Crippen molar-refractivity contribution in [3.63, 3.8) is 0 Å². The fourth-order valence-corrected chi connectivity index (χ4v) is 2.83. The van der Waals surface area contributed by atoms with Crippen molar-refractivity contribution in [3.8, 4) is 23.0 Å². The van der Waals surface area contributed by atoms with Gasteiger partial charge in [0.15, 0.2) is 0 Å². The van der Waals surface area contributed by atoms with E-state index in [-0.39, 0.29) is 6.10 Å². The summed E-state index contributed by atoms with van der Waals surface area (Å²) in [4.78, 5) is 15.1. The Morgan fingerprint density at radius 1 is 1.17 bits per heavy atom. The number of aliphatic hydroxyl groups excluding tert-OH is 1. The van der Waals surface area contributed by atoms with E-state index in [0.29, 0.717) is 24.0 Å². The van der Waals surface area contributed by atoms with Crippen LogP contribution in [0.4, 0.5) is 5.82 Å². The minimum absolute atomic E-state index is 0.302. The summed E-state index contributed by atoms with van der Waals surface area (Å²) in [6.45, 7) is 1.48. The molecule has 1 unspecified atom stereocenters. The predicted octanol–water partition coefficient (Wildman–Crippen LogP) is 2.15. The van der Waals surface area contributed by atoms with Gasteiger partial charge in [-0.1, -0.05) is 11.2 Å². The maximum Gasteiger partial charge on any atom is 0.258 e. The molecule has 4 heterocycles. The average Bonchev–Trinajstić information content (AvgIpc) is 3.13. The van der Waals surface area contributed by atoms with Crippen LogP contribution in [0.15, 0.2) is 47.2 Å². The van der Waals surface area contributed by atoms with Crippen LogP contribution in [0, 0.1) is 0 Å². The molecule has 7 heteroatoms. The molecule has 1 aliphatic heterocycles. The standard InChI is InChI=1S/C17H17N5O2/c23-13-4-3-9-22(11-13)15-10-12(6-8-19-15)17-20-16(21-24-17)14-5-1-2-7-18-14/h1-2,5-8,10,13,23H,3-4,9,11H2. The number of nitrogens with zero attached hydrogens (tertiary/aromatic N) is 5. The zero-order chi connectivity index (χ0) is 16.4. The van der Waals surface area contributed by atoms with E-state index in [9.17, 15) is 5.11 Å². The summed E-state index contributed by atoms with van der Waals surface area (Å²) in [5.74, 6) is 1.69. The number of aromatic nitrogens is 4. The van der Waals surface area contributed by atoms with Crippen molar-refractivity contribution in [1.29, 1.82) is 0 Å². The molecule has 122 valence electrons. The molecule has 24 heavy (non-hydrogen) atoms. The zero-order valence-electron chi connectivity index (χ0n) is 13.0. The lowest BCUT2D eigenvalue weighted by atomic mass is 10.1. The Kier molecular flexibility index (Phi) is 3.92. The summed E-state index contributed by atoms with van der Waals surface area (Å²) in [5.41, 5.74) is 1.47. The molecule has 3 aromatic heterocycles. The first-order valence-electron chi connectivity index (χ1n) is 7.94. The molecule has 1 atom stereocenters. The van der Waals surface area contributed by atoms with Gasteiger partial charge in [-0.2, -0.15) is 4.98 Å². The molecule has 0 radical (unpaired) electrons. The van der Waals surface area contributed by atoms with E-state index < -0.39 is 0 Å². The van der Waals surface area contributed by atoms with E-state index >= 15 is 0 Å². The largest absolute Gasteiger partial charge is 0.391 e. The van der Waals surface area contributed by atoms with Crippen molar-refractivity contribution in [3.05, 3.63) is 42.7 Å². The van der Waals surface area contributed by atoms with Crippen LogP contribution in [-0.4, -0.2) is 44.4 Å². The normalized spacial score (nSPS) is 17.9. The third kappa shape index (κ3) is 2.98. The highest BCUT2D eigenvalue weighted by Gasteiger charge is 2.20. The monoisotopic (exact) mass is 323 g/mol. The minimum atomic E-state index is -0.302. The van der Waals surface area contributed by atoms with Crippen LogP contribution in [0.5, 0.6) is 0 Å². The molecule has 1 fully saturated rings. The Labute approximate surface area is 139 Å². The number of hydrogen-bond donors (Lipinski definition) is 1. The first-order valence-corrected chi connectivity index (χ1v) is 7.94. The zero-order valence-corrected chi connectivity index (χ0v) is 13.0. The molecule has 1 saturated heterocycles. The summed E-state index contributed by atoms with van der Waals surface area (Å²) < 4.78 is 5.37. The molecule has 0 saturated carbocycles. The van der Waals surface area contributed by atoms with Gasteiger partial charge in [-0.05, 0) is 37.1 Å². The second kappa shape index (κ2) is 6.37. The molecule has 4 rings (SSSR count). The van der Waals surface area contributed by atoms with E-state index in [0.717, 1.165) is 30.8 Å². The highest BCUT2D eigenvalue weighted by molar-refractivity contribution is 5.61. The lowest BCUT2D eigenvalue weighted by molar-refractivity contribution is 0.154. The van der Waals surface area contributed by atoms with Crippen molar-refractivity contribution >= 4 is 5.82 Å². The Morgan fingerprint density at radius 3 is 2.96 bits per heavy atom. The van der Waals surface area contributed by atoms with E-state index in [1.165, 1.54) is 0 Å². The quantitative estimate of drug-likeness (QED) is 0.790. The van der Waals surface area contributed by atoms with Gasteiger partial charge in [0.25, 0.3) is 5.89 Å². The van der Waals surface area contributed by atoms with Gasteiger partial charge in [0.1, 0.15) is 11.5 Å². The highest BCUT2D eigenvalue weighted by Crippen LogP contribution is 2.25. The fraction of sp³-hybridized carbons (Fsp3) is 0.294. The van der Waals surface area contributed by atoms with Gasteiger partial charge in [-0.25, -0.2) is 4.98 Å². The molecule has 1 N–H and O–H groups in total. The van der Waals surface area contributed by atoms with Crippen molar-refractivity contribution < 1.29 is 9.63 Å². The Balaban J connectivity index is 1.61. The second-order valence-corrected chi connectivity index (χ2v) is 5.78. The molecule has 3 aromatic rings. The van der Waals surface area contributed by atoms with Gasteiger partial charge >= 0.3 is 0 Å². The third-order valence-electron chi connectivity index (χ3n) is 4.03. The lowest BCUT2D eigenvalue weighted by Gasteiger charge is -2.31. The molecule has 7 nitrogen and oxygen atoms in total. The van der Waals surface area contributed by atoms with Crippen LogP contribution in [0.2, 0.25) is 0 Å². The van der Waals surface area contributed by atoms with Crippen LogP contribution in [0.1, 0.15) is 12.8 Å². The predicted molar refractivity (Wildman–Crippen MR) is 88.2 cm³/mol. The van der Waals surface area contributed by atoms with Gasteiger partial charge in [0.2, 0.25) is 5.82 Å². The molecule has 0 aliphatic carbocycles. The highest BCUT2D eigenvalue weighted by atomic mass is 16.5. The minimum Gasteiger partial charge on any atom is -0.391 e. The summed E-state index contributed by atoms with van der Waals surface area (Å²) in [7, 11) is 0. The number of aliphatic hydroxyl groups is 1. The Morgan fingerprint density at radius 2 is 2.12 bits per heavy atom. The van der Waals surface area contributed by atoms with Crippen molar-refractivity contribution in [1.82, 2.24) is 20.1 Å².